The van der Waals surface area contributed by atoms with Crippen LogP contribution in [0.25, 0.3) is 5.57 Å². The van der Waals surface area contributed by atoms with Crippen LogP contribution in [0, 0.1) is 0 Å². The number of alkyl halides is 3. The molecule has 0 aliphatic carbocycles. The van der Waals surface area contributed by atoms with Gasteiger partial charge in [-0.1, -0.05) is 29.8 Å². The molecule has 0 fully saturated rings. The van der Waals surface area contributed by atoms with E-state index in [-0.39, 0.29) is 18.0 Å². The number of halogens is 5. The number of fused-ring (bicyclic) bond motifs is 1. The SMILES string of the molecule is C=C1CCCC(O[Si](C)(C)C)(C(F)(F)F)CNc2cc(Cl)c(Cl)cc21. The fraction of sp³-hybridized carbons (Fsp3) is 0.529. The Morgan fingerprint density at radius 1 is 1.20 bits per heavy atom. The first-order valence-electron chi connectivity index (χ1n) is 8.03. The third kappa shape index (κ3) is 4.73. The third-order valence-electron chi connectivity index (χ3n) is 4.08. The zero-order valence-electron chi connectivity index (χ0n) is 14.5. The molecule has 0 aromatic heterocycles. The average Bonchev–Trinajstić information content (AvgIpc) is 2.49. The molecule has 0 spiro atoms. The van der Waals surface area contributed by atoms with E-state index in [9.17, 15) is 13.2 Å². The van der Waals surface area contributed by atoms with Crippen molar-refractivity contribution in [1.82, 2.24) is 0 Å². The van der Waals surface area contributed by atoms with Crippen LogP contribution in [-0.2, 0) is 4.43 Å². The average molecular weight is 412 g/mol. The van der Waals surface area contributed by atoms with Crippen LogP contribution in [0.2, 0.25) is 29.7 Å². The van der Waals surface area contributed by atoms with Gasteiger partial charge in [0.25, 0.3) is 0 Å². The van der Waals surface area contributed by atoms with E-state index in [0.29, 0.717) is 29.1 Å². The van der Waals surface area contributed by atoms with E-state index in [1.807, 2.05) is 0 Å². The van der Waals surface area contributed by atoms with E-state index in [4.69, 9.17) is 27.6 Å². The molecule has 0 bridgehead atoms. The molecule has 1 aliphatic heterocycles. The molecule has 2 rings (SSSR count). The Hall–Kier alpha value is -0.693. The van der Waals surface area contributed by atoms with Crippen LogP contribution in [0.15, 0.2) is 18.7 Å². The Morgan fingerprint density at radius 2 is 1.80 bits per heavy atom. The van der Waals surface area contributed by atoms with Crippen molar-refractivity contribution < 1.29 is 17.6 Å². The maximum absolute atomic E-state index is 14.0. The fourth-order valence-electron chi connectivity index (χ4n) is 3.01. The lowest BCUT2D eigenvalue weighted by Gasteiger charge is -2.40. The van der Waals surface area contributed by atoms with Gasteiger partial charge in [-0.2, -0.15) is 13.2 Å². The van der Waals surface area contributed by atoms with E-state index in [2.05, 4.69) is 11.9 Å². The van der Waals surface area contributed by atoms with Crippen LogP contribution >= 0.6 is 23.2 Å². The molecular formula is C17H22Cl2F3NOSi. The van der Waals surface area contributed by atoms with Crippen LogP contribution in [0.5, 0.6) is 0 Å². The lowest BCUT2D eigenvalue weighted by atomic mass is 9.94. The van der Waals surface area contributed by atoms with Gasteiger partial charge in [0.2, 0.25) is 0 Å². The van der Waals surface area contributed by atoms with Crippen molar-refractivity contribution in [2.24, 2.45) is 0 Å². The summed E-state index contributed by atoms with van der Waals surface area (Å²) in [4.78, 5) is 0. The van der Waals surface area contributed by atoms with Crippen molar-refractivity contribution >= 4 is 42.8 Å². The summed E-state index contributed by atoms with van der Waals surface area (Å²) in [7, 11) is -2.44. The summed E-state index contributed by atoms with van der Waals surface area (Å²) in [6.45, 7) is 8.90. The van der Waals surface area contributed by atoms with Gasteiger partial charge in [-0.3, -0.25) is 0 Å². The molecule has 1 heterocycles. The number of nitrogens with one attached hydrogen (secondary N) is 1. The molecule has 140 valence electrons. The summed E-state index contributed by atoms with van der Waals surface area (Å²) in [5, 5.41) is 3.53. The van der Waals surface area contributed by atoms with Gasteiger partial charge >= 0.3 is 6.18 Å². The normalized spacial score (nSPS) is 22.5. The predicted molar refractivity (Wildman–Crippen MR) is 101 cm³/mol. The molecule has 1 unspecified atom stereocenters. The van der Waals surface area contributed by atoms with Gasteiger partial charge in [-0.15, -0.1) is 0 Å². The summed E-state index contributed by atoms with van der Waals surface area (Å²) >= 11 is 12.1. The topological polar surface area (TPSA) is 21.3 Å². The molecule has 1 aromatic rings. The second-order valence-corrected chi connectivity index (χ2v) is 12.6. The number of hydrogen-bond acceptors (Lipinski definition) is 2. The van der Waals surface area contributed by atoms with Gasteiger partial charge in [-0.25, -0.2) is 0 Å². The van der Waals surface area contributed by atoms with E-state index in [0.717, 1.165) is 5.57 Å². The molecule has 1 N–H and O–H groups in total. The van der Waals surface area contributed by atoms with Crippen LogP contribution in [-0.4, -0.2) is 26.6 Å². The standard InChI is InChI=1S/C17H22Cl2F3NOSi/c1-11-6-5-7-16(17(20,21)22,24-25(2,3)4)10-23-15-9-14(19)13(18)8-12(11)15/h8-9,23H,1,5-7,10H2,2-4H3. The lowest BCUT2D eigenvalue weighted by Crippen LogP contribution is -2.57. The molecule has 0 radical (unpaired) electrons. The zero-order valence-corrected chi connectivity index (χ0v) is 17.0. The third-order valence-corrected chi connectivity index (χ3v) is 5.81. The van der Waals surface area contributed by atoms with Crippen LogP contribution in [0.1, 0.15) is 24.8 Å². The number of anilines is 1. The van der Waals surface area contributed by atoms with Crippen molar-refractivity contribution in [2.45, 2.75) is 50.7 Å². The van der Waals surface area contributed by atoms with Crippen molar-refractivity contribution in [1.29, 1.82) is 0 Å². The molecule has 0 saturated heterocycles. The molecule has 1 atom stereocenters. The summed E-state index contributed by atoms with van der Waals surface area (Å²) < 4.78 is 47.6. The van der Waals surface area contributed by atoms with Crippen molar-refractivity contribution in [3.63, 3.8) is 0 Å². The molecule has 0 amide bonds. The van der Waals surface area contributed by atoms with Crippen LogP contribution < -0.4 is 5.32 Å². The van der Waals surface area contributed by atoms with E-state index in [1.165, 1.54) is 0 Å². The monoisotopic (exact) mass is 411 g/mol. The minimum atomic E-state index is -4.48. The maximum atomic E-state index is 14.0. The molecule has 1 aliphatic rings. The van der Waals surface area contributed by atoms with Gasteiger partial charge in [0.1, 0.15) is 0 Å². The highest BCUT2D eigenvalue weighted by atomic mass is 35.5. The molecule has 1 aromatic carbocycles. The van der Waals surface area contributed by atoms with Crippen molar-refractivity contribution in [3.05, 3.63) is 34.3 Å². The first-order valence-corrected chi connectivity index (χ1v) is 12.2. The molecule has 2 nitrogen and oxygen atoms in total. The second kappa shape index (κ2) is 7.14. The number of benzene rings is 1. The number of rotatable bonds is 2. The van der Waals surface area contributed by atoms with Crippen LogP contribution in [0.4, 0.5) is 18.9 Å². The largest absolute Gasteiger partial charge is 0.418 e. The van der Waals surface area contributed by atoms with Gasteiger partial charge in [0.05, 0.1) is 16.6 Å². The lowest BCUT2D eigenvalue weighted by molar-refractivity contribution is -0.249. The van der Waals surface area contributed by atoms with Crippen molar-refractivity contribution in [3.8, 4) is 0 Å². The second-order valence-electron chi connectivity index (χ2n) is 7.33. The van der Waals surface area contributed by atoms with E-state index in [1.54, 1.807) is 31.8 Å². The smallest absolute Gasteiger partial charge is 0.402 e. The summed E-state index contributed by atoms with van der Waals surface area (Å²) in [6, 6.07) is 3.19. The first kappa shape index (κ1) is 20.6. The Balaban J connectivity index is 2.48. The Kier molecular flexibility index (Phi) is 5.89. The molecule has 0 saturated carbocycles. The summed E-state index contributed by atoms with van der Waals surface area (Å²) in [6.07, 6.45) is -3.85. The number of allylic oxidation sites excluding steroid dienone is 1. The van der Waals surface area contributed by atoms with Crippen LogP contribution in [0.3, 0.4) is 0 Å². The maximum Gasteiger partial charge on any atom is 0.418 e. The molecule has 8 heteroatoms. The highest BCUT2D eigenvalue weighted by Gasteiger charge is 2.57. The molecular weight excluding hydrogens is 390 g/mol. The number of hydrogen-bond donors (Lipinski definition) is 1. The minimum Gasteiger partial charge on any atom is -0.402 e. The zero-order chi connectivity index (χ0) is 19.0. The first-order chi connectivity index (χ1) is 11.3. The highest BCUT2D eigenvalue weighted by molar-refractivity contribution is 6.69. The quantitative estimate of drug-likeness (QED) is 0.542. The Morgan fingerprint density at radius 3 is 2.36 bits per heavy atom. The molecule has 25 heavy (non-hydrogen) atoms. The predicted octanol–water partition coefficient (Wildman–Crippen LogP) is 6.76. The fourth-order valence-corrected chi connectivity index (χ4v) is 4.80. The Bertz CT molecular complexity index is 673. The highest BCUT2D eigenvalue weighted by Crippen LogP contribution is 2.43. The van der Waals surface area contributed by atoms with E-state index < -0.39 is 20.1 Å². The van der Waals surface area contributed by atoms with Gasteiger partial charge in [0.15, 0.2) is 13.9 Å². The van der Waals surface area contributed by atoms with Crippen molar-refractivity contribution in [2.75, 3.05) is 11.9 Å². The van der Waals surface area contributed by atoms with Gasteiger partial charge in [0, 0.05) is 11.3 Å². The minimum absolute atomic E-state index is 0.123. The van der Waals surface area contributed by atoms with Gasteiger partial charge in [-0.05, 0) is 56.6 Å². The van der Waals surface area contributed by atoms with E-state index >= 15 is 0 Å². The summed E-state index contributed by atoms with van der Waals surface area (Å²) in [5.41, 5.74) is -0.313. The Labute approximate surface area is 157 Å². The summed E-state index contributed by atoms with van der Waals surface area (Å²) in [5.74, 6) is 0. The van der Waals surface area contributed by atoms with Gasteiger partial charge < -0.3 is 9.74 Å².